The molecule has 0 heterocycles. The van der Waals surface area contributed by atoms with E-state index in [1.54, 1.807) is 0 Å². The maximum Gasteiger partial charge on any atom is 0.326 e. The molecular formula is C15H21NO3. The van der Waals surface area contributed by atoms with E-state index in [4.69, 9.17) is 4.74 Å². The normalized spacial score (nSPS) is 19.1. The van der Waals surface area contributed by atoms with Crippen molar-refractivity contribution in [3.63, 3.8) is 0 Å². The number of nitrogens with one attached hydrogen (secondary N) is 1. The lowest BCUT2D eigenvalue weighted by molar-refractivity contribution is -0.148. The van der Waals surface area contributed by atoms with Crippen LogP contribution in [-0.4, -0.2) is 30.3 Å². The minimum atomic E-state index is -0.608. The molecule has 1 fully saturated rings. The second-order valence-corrected chi connectivity index (χ2v) is 5.09. The zero-order valence-electron chi connectivity index (χ0n) is 11.3. The standard InChI is InChI=1S/C15H21NO3/c1-19-14(18)15(9-5-6-10-15)16-11-13(17)12-7-3-2-4-8-12/h2-4,7-8,13,16-17H,5-6,9-11H2,1H3. The summed E-state index contributed by atoms with van der Waals surface area (Å²) in [6.45, 7) is 0.360. The molecule has 0 aromatic heterocycles. The van der Waals surface area contributed by atoms with Gasteiger partial charge in [-0.1, -0.05) is 43.2 Å². The Kier molecular flexibility index (Phi) is 4.56. The number of hydrogen-bond acceptors (Lipinski definition) is 4. The number of carbonyl (C=O) groups is 1. The van der Waals surface area contributed by atoms with Crippen LogP contribution < -0.4 is 5.32 Å². The summed E-state index contributed by atoms with van der Waals surface area (Å²) in [7, 11) is 1.41. The number of rotatable bonds is 5. The fourth-order valence-corrected chi connectivity index (χ4v) is 2.71. The first kappa shape index (κ1) is 14.0. The Morgan fingerprint density at radius 3 is 2.58 bits per heavy atom. The molecule has 1 atom stereocenters. The molecule has 1 aromatic rings. The summed E-state index contributed by atoms with van der Waals surface area (Å²) in [5.74, 6) is -0.217. The topological polar surface area (TPSA) is 58.6 Å². The highest BCUT2D eigenvalue weighted by Gasteiger charge is 2.42. The maximum absolute atomic E-state index is 11.9. The van der Waals surface area contributed by atoms with E-state index in [0.717, 1.165) is 31.2 Å². The molecule has 0 radical (unpaired) electrons. The van der Waals surface area contributed by atoms with Crippen LogP contribution >= 0.6 is 0 Å². The number of methoxy groups -OCH3 is 1. The van der Waals surface area contributed by atoms with E-state index in [0.29, 0.717) is 6.54 Å². The van der Waals surface area contributed by atoms with E-state index in [9.17, 15) is 9.90 Å². The van der Waals surface area contributed by atoms with Crippen LogP contribution in [-0.2, 0) is 9.53 Å². The van der Waals surface area contributed by atoms with E-state index in [1.807, 2.05) is 30.3 Å². The van der Waals surface area contributed by atoms with Crippen molar-refractivity contribution < 1.29 is 14.6 Å². The van der Waals surface area contributed by atoms with Gasteiger partial charge >= 0.3 is 5.97 Å². The van der Waals surface area contributed by atoms with Gasteiger partial charge in [0.25, 0.3) is 0 Å². The van der Waals surface area contributed by atoms with Gasteiger partial charge < -0.3 is 9.84 Å². The molecule has 0 spiro atoms. The Morgan fingerprint density at radius 2 is 2.00 bits per heavy atom. The summed E-state index contributed by atoms with van der Waals surface area (Å²) < 4.78 is 4.89. The van der Waals surface area contributed by atoms with Crippen molar-refractivity contribution in [1.29, 1.82) is 0 Å². The molecule has 1 aliphatic carbocycles. The first-order chi connectivity index (χ1) is 9.18. The van der Waals surface area contributed by atoms with Gasteiger partial charge in [-0.15, -0.1) is 0 Å². The van der Waals surface area contributed by atoms with Gasteiger partial charge in [0, 0.05) is 6.54 Å². The van der Waals surface area contributed by atoms with E-state index >= 15 is 0 Å². The van der Waals surface area contributed by atoms with Gasteiger partial charge in [-0.05, 0) is 18.4 Å². The van der Waals surface area contributed by atoms with E-state index in [2.05, 4.69) is 5.32 Å². The van der Waals surface area contributed by atoms with Gasteiger partial charge in [0.05, 0.1) is 13.2 Å². The number of β-amino-alcohol motifs (C(OH)–C–C–N with tert-alkyl or cyclic N) is 1. The minimum absolute atomic E-state index is 0.217. The smallest absolute Gasteiger partial charge is 0.326 e. The summed E-state index contributed by atoms with van der Waals surface area (Å²) in [6, 6.07) is 9.46. The van der Waals surface area contributed by atoms with Crippen molar-refractivity contribution in [2.24, 2.45) is 0 Å². The van der Waals surface area contributed by atoms with E-state index in [-0.39, 0.29) is 5.97 Å². The quantitative estimate of drug-likeness (QED) is 0.795. The third-order valence-corrected chi connectivity index (χ3v) is 3.85. The zero-order valence-corrected chi connectivity index (χ0v) is 11.3. The molecule has 4 nitrogen and oxygen atoms in total. The van der Waals surface area contributed by atoms with Crippen molar-refractivity contribution in [2.75, 3.05) is 13.7 Å². The SMILES string of the molecule is COC(=O)C1(NCC(O)c2ccccc2)CCCC1. The van der Waals surface area contributed by atoms with Crippen molar-refractivity contribution in [1.82, 2.24) is 5.32 Å². The summed E-state index contributed by atoms with van der Waals surface area (Å²) in [5, 5.41) is 13.4. The molecule has 0 amide bonds. The van der Waals surface area contributed by atoms with Crippen LogP contribution in [0.5, 0.6) is 0 Å². The fraction of sp³-hybridized carbons (Fsp3) is 0.533. The van der Waals surface area contributed by atoms with Gasteiger partial charge in [-0.3, -0.25) is 10.1 Å². The number of hydrogen-bond donors (Lipinski definition) is 2. The maximum atomic E-state index is 11.9. The van der Waals surface area contributed by atoms with Crippen molar-refractivity contribution in [3.8, 4) is 0 Å². The highest BCUT2D eigenvalue weighted by Crippen LogP contribution is 2.31. The second-order valence-electron chi connectivity index (χ2n) is 5.09. The molecule has 1 aromatic carbocycles. The Balaban J connectivity index is 1.98. The van der Waals surface area contributed by atoms with Crippen molar-refractivity contribution in [2.45, 2.75) is 37.3 Å². The second kappa shape index (κ2) is 6.17. The molecule has 0 saturated heterocycles. The Hall–Kier alpha value is -1.39. The summed E-state index contributed by atoms with van der Waals surface area (Å²) in [5.41, 5.74) is 0.248. The molecule has 0 aliphatic heterocycles. The number of ether oxygens (including phenoxy) is 1. The van der Waals surface area contributed by atoms with Crippen LogP contribution in [0.15, 0.2) is 30.3 Å². The lowest BCUT2D eigenvalue weighted by Gasteiger charge is -2.28. The first-order valence-electron chi connectivity index (χ1n) is 6.74. The van der Waals surface area contributed by atoms with Crippen molar-refractivity contribution in [3.05, 3.63) is 35.9 Å². The van der Waals surface area contributed by atoms with E-state index in [1.165, 1.54) is 7.11 Å². The molecule has 2 N–H and O–H groups in total. The number of aliphatic hydroxyl groups excluding tert-OH is 1. The van der Waals surface area contributed by atoms with Crippen molar-refractivity contribution >= 4 is 5.97 Å². The number of carbonyl (C=O) groups excluding carboxylic acids is 1. The van der Waals surface area contributed by atoms with E-state index < -0.39 is 11.6 Å². The van der Waals surface area contributed by atoms with Crippen LogP contribution in [0.3, 0.4) is 0 Å². The summed E-state index contributed by atoms with van der Waals surface area (Å²) in [4.78, 5) is 11.9. The number of esters is 1. The summed E-state index contributed by atoms with van der Waals surface area (Å²) in [6.07, 6.45) is 2.98. The third kappa shape index (κ3) is 3.14. The predicted molar refractivity (Wildman–Crippen MR) is 72.6 cm³/mol. The molecule has 104 valence electrons. The van der Waals surface area contributed by atoms with Gasteiger partial charge in [0.1, 0.15) is 5.54 Å². The highest BCUT2D eigenvalue weighted by molar-refractivity contribution is 5.81. The largest absolute Gasteiger partial charge is 0.468 e. The Bertz CT molecular complexity index is 413. The Morgan fingerprint density at radius 1 is 1.37 bits per heavy atom. The first-order valence-corrected chi connectivity index (χ1v) is 6.74. The van der Waals surface area contributed by atoms with Gasteiger partial charge in [-0.25, -0.2) is 0 Å². The van der Waals surface area contributed by atoms with Gasteiger partial charge in [0.15, 0.2) is 0 Å². The lowest BCUT2D eigenvalue weighted by Crippen LogP contribution is -2.51. The molecular weight excluding hydrogens is 242 g/mol. The summed E-state index contributed by atoms with van der Waals surface area (Å²) >= 11 is 0. The number of benzene rings is 1. The average molecular weight is 263 g/mol. The average Bonchev–Trinajstić information content (AvgIpc) is 2.95. The Labute approximate surface area is 113 Å². The van der Waals surface area contributed by atoms with Crippen LogP contribution in [0.4, 0.5) is 0 Å². The minimum Gasteiger partial charge on any atom is -0.468 e. The van der Waals surface area contributed by atoms with Crippen LogP contribution in [0.1, 0.15) is 37.4 Å². The molecule has 2 rings (SSSR count). The monoisotopic (exact) mass is 263 g/mol. The molecule has 1 aliphatic rings. The lowest BCUT2D eigenvalue weighted by atomic mass is 9.97. The predicted octanol–water partition coefficient (Wildman–Crippen LogP) is 1.80. The highest BCUT2D eigenvalue weighted by atomic mass is 16.5. The van der Waals surface area contributed by atoms with Crippen LogP contribution in [0, 0.1) is 0 Å². The molecule has 4 heteroatoms. The fourth-order valence-electron chi connectivity index (χ4n) is 2.71. The molecule has 1 unspecified atom stereocenters. The van der Waals surface area contributed by atoms with Crippen LogP contribution in [0.2, 0.25) is 0 Å². The molecule has 0 bridgehead atoms. The zero-order chi connectivity index (χ0) is 13.7. The van der Waals surface area contributed by atoms with Gasteiger partial charge in [-0.2, -0.15) is 0 Å². The molecule has 1 saturated carbocycles. The third-order valence-electron chi connectivity index (χ3n) is 3.85. The number of aliphatic hydroxyl groups is 1. The van der Waals surface area contributed by atoms with Gasteiger partial charge in [0.2, 0.25) is 0 Å². The van der Waals surface area contributed by atoms with Crippen LogP contribution in [0.25, 0.3) is 0 Å². The molecule has 19 heavy (non-hydrogen) atoms.